The van der Waals surface area contributed by atoms with Crippen molar-refractivity contribution in [2.24, 2.45) is 5.41 Å². The average Bonchev–Trinajstić information content (AvgIpc) is 3.31. The van der Waals surface area contributed by atoms with Crippen molar-refractivity contribution in [1.29, 1.82) is 0 Å². The molecule has 13 heteroatoms. The summed E-state index contributed by atoms with van der Waals surface area (Å²) in [6.07, 6.45) is -5.41. The highest BCUT2D eigenvalue weighted by Crippen LogP contribution is 2.43. The fourth-order valence-electron chi connectivity index (χ4n) is 5.40. The fourth-order valence-corrected chi connectivity index (χ4v) is 5.57. The van der Waals surface area contributed by atoms with Gasteiger partial charge in [0.1, 0.15) is 17.7 Å². The third-order valence-corrected chi connectivity index (χ3v) is 7.74. The van der Waals surface area contributed by atoms with E-state index in [0.717, 1.165) is 12.1 Å². The molecule has 2 atom stereocenters. The number of rotatable bonds is 6. The van der Waals surface area contributed by atoms with Gasteiger partial charge >= 0.3 is 12.1 Å². The lowest BCUT2D eigenvalue weighted by Crippen LogP contribution is -2.41. The number of anilines is 2. The molecular formula is C27H26ClF4N5O3. The molecule has 2 aliphatic rings. The zero-order chi connectivity index (χ0) is 28.7. The number of carboxylic acid groups (broad SMARTS) is 1. The second-order valence-electron chi connectivity index (χ2n) is 10.2. The van der Waals surface area contributed by atoms with Gasteiger partial charge in [0.25, 0.3) is 0 Å². The number of benzene rings is 2. The molecule has 3 heterocycles. The summed E-state index contributed by atoms with van der Waals surface area (Å²) in [5, 5.41) is 12.6. The van der Waals surface area contributed by atoms with Gasteiger partial charge in [0, 0.05) is 36.3 Å². The molecule has 1 aromatic heterocycles. The third kappa shape index (κ3) is 5.92. The lowest BCUT2D eigenvalue weighted by molar-refractivity contribution is -0.198. The normalized spacial score (nSPS) is 19.5. The van der Waals surface area contributed by atoms with Gasteiger partial charge in [-0.1, -0.05) is 29.8 Å². The summed E-state index contributed by atoms with van der Waals surface area (Å²) in [5.74, 6) is -1.72. The van der Waals surface area contributed by atoms with Crippen LogP contribution >= 0.6 is 11.6 Å². The smallest absolute Gasteiger partial charge is 0.429 e. The van der Waals surface area contributed by atoms with Crippen LogP contribution in [0.15, 0.2) is 48.5 Å². The van der Waals surface area contributed by atoms with E-state index in [0.29, 0.717) is 50.3 Å². The van der Waals surface area contributed by atoms with E-state index in [1.54, 1.807) is 0 Å². The van der Waals surface area contributed by atoms with E-state index in [1.165, 1.54) is 36.4 Å². The molecule has 40 heavy (non-hydrogen) atoms. The number of piperidine rings is 1. The SMILES string of the molecule is Nc1nc(OC(c2ccc(Cl)cc2-c2ccc(F)cc2)C(F)(F)F)cc(N2CCC3(CC2)CNC(C(=O)O)C3)n1. The monoisotopic (exact) mass is 579 g/mol. The highest BCUT2D eigenvalue weighted by molar-refractivity contribution is 6.30. The predicted molar refractivity (Wildman–Crippen MR) is 141 cm³/mol. The van der Waals surface area contributed by atoms with Crippen LogP contribution in [-0.2, 0) is 4.79 Å². The van der Waals surface area contributed by atoms with Gasteiger partial charge in [-0.15, -0.1) is 0 Å². The lowest BCUT2D eigenvalue weighted by Gasteiger charge is -2.39. The number of nitrogens with zero attached hydrogens (tertiary/aromatic N) is 3. The van der Waals surface area contributed by atoms with E-state index in [4.69, 9.17) is 22.1 Å². The maximum atomic E-state index is 14.4. The van der Waals surface area contributed by atoms with Crippen LogP contribution < -0.4 is 20.7 Å². The zero-order valence-corrected chi connectivity index (χ0v) is 21.8. The molecular weight excluding hydrogens is 554 g/mol. The number of aliphatic carboxylic acids is 1. The average molecular weight is 580 g/mol. The van der Waals surface area contributed by atoms with Crippen LogP contribution in [0.4, 0.5) is 29.3 Å². The quantitative estimate of drug-likeness (QED) is 0.340. The van der Waals surface area contributed by atoms with Crippen molar-refractivity contribution in [3.05, 3.63) is 64.9 Å². The topological polar surface area (TPSA) is 114 Å². The van der Waals surface area contributed by atoms with Crippen molar-refractivity contribution in [3.8, 4) is 17.0 Å². The Kier molecular flexibility index (Phi) is 7.49. The first-order valence-corrected chi connectivity index (χ1v) is 12.9. The van der Waals surface area contributed by atoms with Gasteiger partial charge in [-0.2, -0.15) is 23.1 Å². The Bertz CT molecular complexity index is 1400. The number of nitrogens with two attached hydrogens (primary N) is 1. The number of hydrogen-bond donors (Lipinski definition) is 3. The van der Waals surface area contributed by atoms with Crippen molar-refractivity contribution < 1.29 is 32.2 Å². The molecule has 0 saturated carbocycles. The van der Waals surface area contributed by atoms with Crippen LogP contribution in [0, 0.1) is 11.2 Å². The summed E-state index contributed by atoms with van der Waals surface area (Å²) in [7, 11) is 0. The Hall–Kier alpha value is -3.64. The van der Waals surface area contributed by atoms with Gasteiger partial charge in [-0.3, -0.25) is 4.79 Å². The van der Waals surface area contributed by atoms with Crippen molar-refractivity contribution in [2.45, 2.75) is 37.6 Å². The summed E-state index contributed by atoms with van der Waals surface area (Å²) in [5.41, 5.74) is 5.93. The highest BCUT2D eigenvalue weighted by Gasteiger charge is 2.46. The number of carboxylic acids is 1. The molecule has 0 aliphatic carbocycles. The van der Waals surface area contributed by atoms with Gasteiger partial charge in [-0.05, 0) is 60.1 Å². The summed E-state index contributed by atoms with van der Waals surface area (Å²) < 4.78 is 62.2. The Balaban J connectivity index is 1.41. The highest BCUT2D eigenvalue weighted by atomic mass is 35.5. The Morgan fingerprint density at radius 2 is 1.85 bits per heavy atom. The number of nitrogens with one attached hydrogen (secondary N) is 1. The van der Waals surface area contributed by atoms with Crippen LogP contribution in [0.5, 0.6) is 5.88 Å². The van der Waals surface area contributed by atoms with E-state index in [1.807, 2.05) is 4.90 Å². The summed E-state index contributed by atoms with van der Waals surface area (Å²) in [6, 6.07) is 9.64. The van der Waals surface area contributed by atoms with Crippen LogP contribution in [0.25, 0.3) is 11.1 Å². The van der Waals surface area contributed by atoms with E-state index in [9.17, 15) is 27.5 Å². The molecule has 4 N–H and O–H groups in total. The molecule has 2 aromatic carbocycles. The first kappa shape index (κ1) is 27.9. The van der Waals surface area contributed by atoms with Crippen LogP contribution in [0.1, 0.15) is 30.9 Å². The number of aromatic nitrogens is 2. The van der Waals surface area contributed by atoms with Crippen LogP contribution in [0.2, 0.25) is 5.02 Å². The molecule has 8 nitrogen and oxygen atoms in total. The summed E-state index contributed by atoms with van der Waals surface area (Å²) >= 11 is 6.10. The minimum absolute atomic E-state index is 0.128. The van der Waals surface area contributed by atoms with E-state index in [2.05, 4.69) is 15.3 Å². The Morgan fingerprint density at radius 3 is 2.48 bits per heavy atom. The molecule has 0 amide bonds. The van der Waals surface area contributed by atoms with Gasteiger partial charge < -0.3 is 25.8 Å². The van der Waals surface area contributed by atoms with E-state index >= 15 is 0 Å². The van der Waals surface area contributed by atoms with Crippen molar-refractivity contribution in [3.63, 3.8) is 0 Å². The molecule has 2 aliphatic heterocycles. The van der Waals surface area contributed by atoms with Gasteiger partial charge in [-0.25, -0.2) is 4.39 Å². The van der Waals surface area contributed by atoms with Gasteiger partial charge in [0.05, 0.1) is 0 Å². The van der Waals surface area contributed by atoms with Gasteiger partial charge in [0.2, 0.25) is 17.9 Å². The maximum absolute atomic E-state index is 14.4. The van der Waals surface area contributed by atoms with Gasteiger partial charge in [0.15, 0.2) is 0 Å². The Labute approximate surface area is 232 Å². The first-order valence-electron chi connectivity index (χ1n) is 12.6. The number of hydrogen-bond acceptors (Lipinski definition) is 7. The minimum atomic E-state index is -4.85. The van der Waals surface area contributed by atoms with E-state index in [-0.39, 0.29) is 33.4 Å². The van der Waals surface area contributed by atoms with Crippen LogP contribution in [0.3, 0.4) is 0 Å². The van der Waals surface area contributed by atoms with Crippen molar-refractivity contribution in [1.82, 2.24) is 15.3 Å². The predicted octanol–water partition coefficient (Wildman–Crippen LogP) is 5.23. The second kappa shape index (κ2) is 10.7. The molecule has 0 radical (unpaired) electrons. The van der Waals surface area contributed by atoms with Crippen molar-refractivity contribution in [2.75, 3.05) is 30.3 Å². The third-order valence-electron chi connectivity index (χ3n) is 7.50. The fraction of sp³-hybridized carbons (Fsp3) is 0.370. The molecule has 0 bridgehead atoms. The van der Waals surface area contributed by atoms with Crippen molar-refractivity contribution >= 4 is 29.3 Å². The van der Waals surface area contributed by atoms with E-state index < -0.39 is 30.1 Å². The molecule has 2 saturated heterocycles. The zero-order valence-electron chi connectivity index (χ0n) is 21.1. The molecule has 3 aromatic rings. The molecule has 1 spiro atoms. The molecule has 212 valence electrons. The molecule has 5 rings (SSSR count). The minimum Gasteiger partial charge on any atom is -0.480 e. The number of carbonyl (C=O) groups is 1. The number of ether oxygens (including phenoxy) is 1. The standard InChI is InChI=1S/C27H26ClF4N5O3/c28-16-3-6-18(19(11-16)15-1-4-17(29)5-2-15)23(27(30,31)32)40-22-12-21(35-25(33)36-22)37-9-7-26(8-10-37)13-20(24(38)39)34-14-26/h1-6,11-12,20,23,34H,7-10,13-14H2,(H,38,39)(H2,33,35,36). The molecule has 2 unspecified atom stereocenters. The number of alkyl halides is 3. The molecule has 2 fully saturated rings. The van der Waals surface area contributed by atoms with Crippen LogP contribution in [-0.4, -0.2) is 52.9 Å². The first-order chi connectivity index (χ1) is 18.9. The summed E-state index contributed by atoms with van der Waals surface area (Å²) in [6.45, 7) is 1.61. The number of nitrogen functional groups attached to an aromatic ring is 1. The largest absolute Gasteiger partial charge is 0.480 e. The number of halogens is 5. The Morgan fingerprint density at radius 1 is 1.15 bits per heavy atom. The second-order valence-corrected chi connectivity index (χ2v) is 10.6. The summed E-state index contributed by atoms with van der Waals surface area (Å²) in [4.78, 5) is 21.4. The maximum Gasteiger partial charge on any atom is 0.429 e. The lowest BCUT2D eigenvalue weighted by atomic mass is 9.76.